The SMILES string of the molecule is C=C(C)C(=O)OC(CC)CCCCC1COC(=S)S1. The summed E-state index contributed by atoms with van der Waals surface area (Å²) in [6, 6.07) is 0. The van der Waals surface area contributed by atoms with Crippen LogP contribution in [-0.2, 0) is 14.3 Å². The molecule has 0 aromatic heterocycles. The van der Waals surface area contributed by atoms with E-state index in [1.807, 2.05) is 6.92 Å². The molecule has 0 aromatic rings. The van der Waals surface area contributed by atoms with Crippen molar-refractivity contribution in [1.29, 1.82) is 0 Å². The summed E-state index contributed by atoms with van der Waals surface area (Å²) in [7, 11) is 0. The zero-order valence-electron chi connectivity index (χ0n) is 11.6. The second-order valence-corrected chi connectivity index (χ2v) is 6.70. The first kappa shape index (κ1) is 16.5. The third kappa shape index (κ3) is 6.43. The van der Waals surface area contributed by atoms with E-state index in [4.69, 9.17) is 21.7 Å². The van der Waals surface area contributed by atoms with Crippen LogP contribution in [0.1, 0.15) is 46.0 Å². The van der Waals surface area contributed by atoms with Crippen molar-refractivity contribution in [2.45, 2.75) is 57.3 Å². The number of carbonyl (C=O) groups is 1. The number of ether oxygens (including phenoxy) is 2. The Morgan fingerprint density at radius 3 is 2.89 bits per heavy atom. The Balaban J connectivity index is 2.14. The smallest absolute Gasteiger partial charge is 0.333 e. The van der Waals surface area contributed by atoms with Gasteiger partial charge in [0.25, 0.3) is 0 Å². The van der Waals surface area contributed by atoms with E-state index >= 15 is 0 Å². The van der Waals surface area contributed by atoms with Gasteiger partial charge in [-0.25, -0.2) is 4.79 Å². The molecule has 1 heterocycles. The van der Waals surface area contributed by atoms with Gasteiger partial charge in [-0.1, -0.05) is 31.7 Å². The second kappa shape index (κ2) is 8.59. The molecule has 0 aliphatic carbocycles. The molecule has 0 amide bonds. The van der Waals surface area contributed by atoms with E-state index in [0.29, 0.717) is 15.2 Å². The number of hydrogen-bond acceptors (Lipinski definition) is 5. The number of carbonyl (C=O) groups excluding carboxylic acids is 1. The minimum atomic E-state index is -0.281. The van der Waals surface area contributed by atoms with Gasteiger partial charge in [0, 0.05) is 10.8 Å². The molecule has 1 aliphatic heterocycles. The first-order chi connectivity index (χ1) is 9.02. The fraction of sp³-hybridized carbons (Fsp3) is 0.714. The highest BCUT2D eigenvalue weighted by Crippen LogP contribution is 2.27. The Morgan fingerprint density at radius 2 is 2.37 bits per heavy atom. The van der Waals surface area contributed by atoms with Gasteiger partial charge in [0.1, 0.15) is 12.7 Å². The summed E-state index contributed by atoms with van der Waals surface area (Å²) in [5, 5.41) is 0.505. The minimum absolute atomic E-state index is 0.0118. The third-order valence-corrected chi connectivity index (χ3v) is 4.45. The zero-order valence-corrected chi connectivity index (χ0v) is 13.3. The topological polar surface area (TPSA) is 35.5 Å². The zero-order chi connectivity index (χ0) is 14.3. The Kier molecular flexibility index (Phi) is 7.46. The number of thioether (sulfide) groups is 1. The van der Waals surface area contributed by atoms with Crippen molar-refractivity contribution in [3.63, 3.8) is 0 Å². The highest BCUT2D eigenvalue weighted by Gasteiger charge is 2.21. The monoisotopic (exact) mass is 302 g/mol. The lowest BCUT2D eigenvalue weighted by Gasteiger charge is -2.16. The first-order valence-electron chi connectivity index (χ1n) is 6.72. The van der Waals surface area contributed by atoms with Gasteiger partial charge in [-0.05, 0) is 44.8 Å². The average Bonchev–Trinajstić information content (AvgIpc) is 2.78. The molecular formula is C14H22O3S2. The number of hydrogen-bond donors (Lipinski definition) is 0. The van der Waals surface area contributed by atoms with Crippen LogP contribution in [-0.4, -0.2) is 28.3 Å². The number of unbranched alkanes of at least 4 members (excludes halogenated alkanes) is 1. The normalized spacial score (nSPS) is 19.9. The van der Waals surface area contributed by atoms with Gasteiger partial charge < -0.3 is 9.47 Å². The molecule has 2 unspecified atom stereocenters. The van der Waals surface area contributed by atoms with Gasteiger partial charge in [-0.2, -0.15) is 0 Å². The molecular weight excluding hydrogens is 280 g/mol. The van der Waals surface area contributed by atoms with Gasteiger partial charge in [0.2, 0.25) is 4.38 Å². The maximum absolute atomic E-state index is 11.4. The molecule has 2 atom stereocenters. The first-order valence-corrected chi connectivity index (χ1v) is 8.01. The summed E-state index contributed by atoms with van der Waals surface area (Å²) in [6.07, 6.45) is 5.06. The summed E-state index contributed by atoms with van der Waals surface area (Å²) in [5.74, 6) is -0.281. The van der Waals surface area contributed by atoms with Crippen molar-refractivity contribution in [2.75, 3.05) is 6.61 Å². The molecule has 1 rings (SSSR count). The second-order valence-electron chi connectivity index (χ2n) is 4.80. The Bertz CT molecular complexity index is 342. The van der Waals surface area contributed by atoms with Crippen molar-refractivity contribution >= 4 is 34.3 Å². The Hall–Kier alpha value is -0.550. The van der Waals surface area contributed by atoms with Gasteiger partial charge in [-0.3, -0.25) is 0 Å². The van der Waals surface area contributed by atoms with E-state index in [2.05, 4.69) is 6.58 Å². The van der Waals surface area contributed by atoms with Gasteiger partial charge in [0.15, 0.2) is 0 Å². The predicted molar refractivity (Wildman–Crippen MR) is 83.4 cm³/mol. The van der Waals surface area contributed by atoms with E-state index in [0.717, 1.165) is 38.7 Å². The maximum Gasteiger partial charge on any atom is 0.333 e. The minimum Gasteiger partial charge on any atom is -0.477 e. The molecule has 0 radical (unpaired) electrons. The van der Waals surface area contributed by atoms with Gasteiger partial charge >= 0.3 is 5.97 Å². The van der Waals surface area contributed by atoms with Crippen LogP contribution < -0.4 is 0 Å². The molecule has 1 saturated heterocycles. The van der Waals surface area contributed by atoms with Crippen LogP contribution in [0.4, 0.5) is 0 Å². The molecule has 108 valence electrons. The van der Waals surface area contributed by atoms with Crippen LogP contribution in [0.25, 0.3) is 0 Å². The highest BCUT2D eigenvalue weighted by molar-refractivity contribution is 8.23. The van der Waals surface area contributed by atoms with Gasteiger partial charge in [-0.15, -0.1) is 0 Å². The highest BCUT2D eigenvalue weighted by atomic mass is 32.2. The molecule has 0 bridgehead atoms. The molecule has 0 saturated carbocycles. The quantitative estimate of drug-likeness (QED) is 0.294. The van der Waals surface area contributed by atoms with E-state index < -0.39 is 0 Å². The lowest BCUT2D eigenvalue weighted by molar-refractivity contribution is -0.144. The van der Waals surface area contributed by atoms with Crippen molar-refractivity contribution in [3.05, 3.63) is 12.2 Å². The lowest BCUT2D eigenvalue weighted by atomic mass is 10.1. The number of thiocarbonyl (C=S) groups is 1. The largest absolute Gasteiger partial charge is 0.477 e. The fourth-order valence-corrected chi connectivity index (χ4v) is 3.15. The molecule has 5 heteroatoms. The van der Waals surface area contributed by atoms with Crippen molar-refractivity contribution in [3.8, 4) is 0 Å². The van der Waals surface area contributed by atoms with E-state index in [1.165, 1.54) is 0 Å². The summed E-state index contributed by atoms with van der Waals surface area (Å²) in [6.45, 7) is 8.05. The molecule has 3 nitrogen and oxygen atoms in total. The van der Waals surface area contributed by atoms with Crippen LogP contribution in [0, 0.1) is 0 Å². The van der Waals surface area contributed by atoms with Crippen LogP contribution >= 0.6 is 24.0 Å². The summed E-state index contributed by atoms with van der Waals surface area (Å²) < 4.78 is 11.3. The Labute approximate surface area is 125 Å². The average molecular weight is 302 g/mol. The fourth-order valence-electron chi connectivity index (χ4n) is 1.85. The summed E-state index contributed by atoms with van der Waals surface area (Å²) >= 11 is 6.64. The van der Waals surface area contributed by atoms with Crippen LogP contribution in [0.3, 0.4) is 0 Å². The molecule has 1 aliphatic rings. The van der Waals surface area contributed by atoms with E-state index in [1.54, 1.807) is 18.7 Å². The number of esters is 1. The standard InChI is InChI=1S/C14H22O3S2/c1-4-11(17-13(15)10(2)3)7-5-6-8-12-9-16-14(18)19-12/h11-12H,2,4-9H2,1,3H3. The molecule has 1 fully saturated rings. The van der Waals surface area contributed by atoms with Crippen molar-refractivity contribution in [2.24, 2.45) is 0 Å². The van der Waals surface area contributed by atoms with Crippen molar-refractivity contribution in [1.82, 2.24) is 0 Å². The molecule has 19 heavy (non-hydrogen) atoms. The molecule has 0 aromatic carbocycles. The molecule has 0 spiro atoms. The van der Waals surface area contributed by atoms with Crippen LogP contribution in [0.5, 0.6) is 0 Å². The van der Waals surface area contributed by atoms with E-state index in [9.17, 15) is 4.79 Å². The lowest BCUT2D eigenvalue weighted by Crippen LogP contribution is -2.18. The van der Waals surface area contributed by atoms with Crippen molar-refractivity contribution < 1.29 is 14.3 Å². The van der Waals surface area contributed by atoms with Crippen LogP contribution in [0.2, 0.25) is 0 Å². The van der Waals surface area contributed by atoms with E-state index in [-0.39, 0.29) is 12.1 Å². The predicted octanol–water partition coefficient (Wildman–Crippen LogP) is 3.86. The molecule has 0 N–H and O–H groups in total. The summed E-state index contributed by atoms with van der Waals surface area (Å²) in [4.78, 5) is 11.4. The summed E-state index contributed by atoms with van der Waals surface area (Å²) in [5.41, 5.74) is 0.464. The Morgan fingerprint density at radius 1 is 1.63 bits per heavy atom. The van der Waals surface area contributed by atoms with Crippen LogP contribution in [0.15, 0.2) is 12.2 Å². The van der Waals surface area contributed by atoms with Gasteiger partial charge in [0.05, 0.1) is 0 Å². The maximum atomic E-state index is 11.4. The number of rotatable bonds is 8. The third-order valence-electron chi connectivity index (χ3n) is 3.03.